The van der Waals surface area contributed by atoms with E-state index in [1.165, 1.54) is 18.2 Å². The fourth-order valence-electron chi connectivity index (χ4n) is 2.85. The van der Waals surface area contributed by atoms with E-state index >= 15 is 0 Å². The van der Waals surface area contributed by atoms with Crippen LogP contribution < -0.4 is 15.1 Å². The predicted octanol–water partition coefficient (Wildman–Crippen LogP) is 4.30. The minimum atomic E-state index is -0.458. The second-order valence-corrected chi connectivity index (χ2v) is 6.01. The Morgan fingerprint density at radius 2 is 1.68 bits per heavy atom. The molecule has 0 bridgehead atoms. The number of non-ortho nitro benzene ring substituents is 1. The van der Waals surface area contributed by atoms with E-state index in [0.29, 0.717) is 47.7 Å². The molecule has 8 heteroatoms. The van der Waals surface area contributed by atoms with Crippen LogP contribution in [0, 0.1) is 10.1 Å². The molecule has 0 atom stereocenters. The highest BCUT2D eigenvalue weighted by Gasteiger charge is 2.13. The van der Waals surface area contributed by atoms with E-state index in [2.05, 4.69) is 0 Å². The lowest BCUT2D eigenvalue weighted by Crippen LogP contribution is -2.06. The maximum atomic E-state index is 11.5. The van der Waals surface area contributed by atoms with Gasteiger partial charge in [0.2, 0.25) is 0 Å². The maximum Gasteiger partial charge on any atom is 0.336 e. The van der Waals surface area contributed by atoms with Crippen LogP contribution in [0.4, 0.5) is 5.69 Å². The van der Waals surface area contributed by atoms with Crippen molar-refractivity contribution < 1.29 is 23.2 Å². The molecule has 142 valence electrons. The molecule has 0 spiro atoms. The molecule has 4 aromatic rings. The topological polar surface area (TPSA) is 105 Å². The highest BCUT2D eigenvalue weighted by molar-refractivity contribution is 6.01. The monoisotopic (exact) mass is 381 g/mol. The van der Waals surface area contributed by atoms with Crippen LogP contribution in [0.25, 0.3) is 21.9 Å². The largest absolute Gasteiger partial charge is 0.493 e. The van der Waals surface area contributed by atoms with Gasteiger partial charge in [0.15, 0.2) is 0 Å². The predicted molar refractivity (Wildman–Crippen MR) is 101 cm³/mol. The molecule has 0 saturated heterocycles. The van der Waals surface area contributed by atoms with Crippen molar-refractivity contribution in [2.24, 2.45) is 0 Å². The van der Waals surface area contributed by atoms with Crippen molar-refractivity contribution in [3.63, 3.8) is 0 Å². The molecule has 0 fully saturated rings. The van der Waals surface area contributed by atoms with Crippen molar-refractivity contribution in [1.82, 2.24) is 0 Å². The molecule has 8 nitrogen and oxygen atoms in total. The Balaban J connectivity index is 1.42. The summed E-state index contributed by atoms with van der Waals surface area (Å²) in [6.45, 7) is 0.748. The van der Waals surface area contributed by atoms with Crippen molar-refractivity contribution in [3.05, 3.63) is 75.3 Å². The van der Waals surface area contributed by atoms with Crippen LogP contribution in [0.1, 0.15) is 6.42 Å². The lowest BCUT2D eigenvalue weighted by atomic mass is 10.1. The van der Waals surface area contributed by atoms with Crippen LogP contribution in [0.3, 0.4) is 0 Å². The van der Waals surface area contributed by atoms with Gasteiger partial charge in [0.1, 0.15) is 22.7 Å². The summed E-state index contributed by atoms with van der Waals surface area (Å²) < 4.78 is 22.1. The number of furan rings is 1. The van der Waals surface area contributed by atoms with Gasteiger partial charge < -0.3 is 18.3 Å². The van der Waals surface area contributed by atoms with Crippen LogP contribution in [-0.2, 0) is 0 Å². The highest BCUT2D eigenvalue weighted by atomic mass is 16.6. The number of hydrogen-bond donors (Lipinski definition) is 0. The van der Waals surface area contributed by atoms with E-state index in [-0.39, 0.29) is 5.69 Å². The van der Waals surface area contributed by atoms with Crippen molar-refractivity contribution in [2.75, 3.05) is 13.2 Å². The highest BCUT2D eigenvalue weighted by Crippen LogP contribution is 2.35. The lowest BCUT2D eigenvalue weighted by Gasteiger charge is -2.10. The van der Waals surface area contributed by atoms with Crippen molar-refractivity contribution in [1.29, 1.82) is 0 Å². The minimum Gasteiger partial charge on any atom is -0.493 e. The van der Waals surface area contributed by atoms with Gasteiger partial charge >= 0.3 is 5.63 Å². The van der Waals surface area contributed by atoms with Gasteiger partial charge in [-0.3, -0.25) is 10.1 Å². The molecule has 2 aromatic heterocycles. The van der Waals surface area contributed by atoms with E-state index in [1.807, 2.05) is 0 Å². The summed E-state index contributed by atoms with van der Waals surface area (Å²) in [5, 5.41) is 12.1. The van der Waals surface area contributed by atoms with Crippen molar-refractivity contribution in [3.8, 4) is 11.5 Å². The number of ether oxygens (including phenoxy) is 2. The van der Waals surface area contributed by atoms with Gasteiger partial charge in [-0.05, 0) is 24.3 Å². The molecule has 0 radical (unpaired) electrons. The number of nitro groups is 1. The molecule has 0 unspecified atom stereocenters. The number of nitrogens with zero attached hydrogens (tertiary/aromatic N) is 1. The summed E-state index contributed by atoms with van der Waals surface area (Å²) in [6.07, 6.45) is 2.13. The van der Waals surface area contributed by atoms with E-state index in [0.717, 1.165) is 5.39 Å². The quantitative estimate of drug-likeness (QED) is 0.203. The summed E-state index contributed by atoms with van der Waals surface area (Å²) in [4.78, 5) is 21.7. The van der Waals surface area contributed by atoms with E-state index in [1.54, 1.807) is 36.6 Å². The van der Waals surface area contributed by atoms with Crippen LogP contribution in [0.15, 0.2) is 68.4 Å². The Hall–Kier alpha value is -3.81. The normalized spacial score (nSPS) is 11.0. The minimum absolute atomic E-state index is 0.0161. The summed E-state index contributed by atoms with van der Waals surface area (Å²) in [5.41, 5.74) is 0.536. The molecule has 0 amide bonds. The summed E-state index contributed by atoms with van der Waals surface area (Å²) in [6, 6.07) is 12.4. The van der Waals surface area contributed by atoms with Gasteiger partial charge in [0, 0.05) is 30.7 Å². The zero-order valence-electron chi connectivity index (χ0n) is 14.6. The Morgan fingerprint density at radius 1 is 0.929 bits per heavy atom. The first-order valence-electron chi connectivity index (χ1n) is 8.56. The van der Waals surface area contributed by atoms with Gasteiger partial charge in [0.05, 0.1) is 35.2 Å². The number of hydrogen-bond acceptors (Lipinski definition) is 7. The summed E-state index contributed by atoms with van der Waals surface area (Å²) in [5.74, 6) is 1.13. The van der Waals surface area contributed by atoms with Crippen LogP contribution in [0.2, 0.25) is 0 Å². The molecule has 0 saturated carbocycles. The van der Waals surface area contributed by atoms with Gasteiger partial charge in [-0.25, -0.2) is 4.79 Å². The summed E-state index contributed by atoms with van der Waals surface area (Å²) in [7, 11) is 0. The standard InChI is InChI=1S/C20H15NO7/c22-19-7-6-15-18(28-19)12-17-16(8-11-26-17)20(15)27-10-1-9-25-14-4-2-13(3-5-14)21(23)24/h2-8,11-12H,1,9-10H2. The smallest absolute Gasteiger partial charge is 0.336 e. The molecule has 28 heavy (non-hydrogen) atoms. The molecule has 0 aliphatic carbocycles. The third kappa shape index (κ3) is 3.52. The molecule has 4 rings (SSSR count). The van der Waals surface area contributed by atoms with E-state index < -0.39 is 10.5 Å². The Morgan fingerprint density at radius 3 is 2.46 bits per heavy atom. The van der Waals surface area contributed by atoms with Gasteiger partial charge in [-0.1, -0.05) is 0 Å². The van der Waals surface area contributed by atoms with Crippen molar-refractivity contribution >= 4 is 27.6 Å². The number of rotatable bonds is 7. The average molecular weight is 381 g/mol. The Kier molecular flexibility index (Phi) is 4.67. The van der Waals surface area contributed by atoms with Crippen molar-refractivity contribution in [2.45, 2.75) is 6.42 Å². The zero-order valence-corrected chi connectivity index (χ0v) is 14.6. The number of nitro benzene ring substituents is 1. The van der Waals surface area contributed by atoms with Crippen LogP contribution >= 0.6 is 0 Å². The molecular weight excluding hydrogens is 366 g/mol. The first kappa shape index (κ1) is 17.6. The molecule has 0 aliphatic rings. The number of benzene rings is 2. The zero-order chi connectivity index (χ0) is 19.5. The Bertz CT molecular complexity index is 1190. The molecule has 2 heterocycles. The first-order chi connectivity index (χ1) is 13.6. The average Bonchev–Trinajstić information content (AvgIpc) is 3.15. The van der Waals surface area contributed by atoms with Gasteiger partial charge in [-0.15, -0.1) is 0 Å². The van der Waals surface area contributed by atoms with E-state index in [9.17, 15) is 14.9 Å². The fraction of sp³-hybridized carbons (Fsp3) is 0.150. The SMILES string of the molecule is O=c1ccc2c(OCCCOc3ccc([N+](=O)[O-])cc3)c3ccoc3cc2o1. The van der Waals surface area contributed by atoms with Gasteiger partial charge in [0.25, 0.3) is 5.69 Å². The van der Waals surface area contributed by atoms with E-state index in [4.69, 9.17) is 18.3 Å². The second kappa shape index (κ2) is 7.43. The fourth-order valence-corrected chi connectivity index (χ4v) is 2.85. The molecule has 0 N–H and O–H groups in total. The maximum absolute atomic E-state index is 11.5. The number of fused-ring (bicyclic) bond motifs is 2. The molecule has 2 aromatic carbocycles. The summed E-state index contributed by atoms with van der Waals surface area (Å²) >= 11 is 0. The first-order valence-corrected chi connectivity index (χ1v) is 8.56. The Labute approximate surface area is 158 Å². The third-order valence-corrected chi connectivity index (χ3v) is 4.16. The molecule has 0 aliphatic heterocycles. The second-order valence-electron chi connectivity index (χ2n) is 6.01. The van der Waals surface area contributed by atoms with Crippen LogP contribution in [0.5, 0.6) is 11.5 Å². The third-order valence-electron chi connectivity index (χ3n) is 4.16. The molecular formula is C20H15NO7. The van der Waals surface area contributed by atoms with Gasteiger partial charge in [-0.2, -0.15) is 0 Å². The van der Waals surface area contributed by atoms with Crippen LogP contribution in [-0.4, -0.2) is 18.1 Å². The lowest BCUT2D eigenvalue weighted by molar-refractivity contribution is -0.384.